The summed E-state index contributed by atoms with van der Waals surface area (Å²) in [7, 11) is 1.44. The molecule has 0 amide bonds. The normalized spacial score (nSPS) is 10.2. The lowest BCUT2D eigenvalue weighted by atomic mass is 10.2. The molecule has 4 heteroatoms. The lowest BCUT2D eigenvalue weighted by Gasteiger charge is -2.08. The van der Waals surface area contributed by atoms with Gasteiger partial charge in [0.05, 0.1) is 7.11 Å². The Morgan fingerprint density at radius 2 is 2.06 bits per heavy atom. The quantitative estimate of drug-likeness (QED) is 0.899. The van der Waals surface area contributed by atoms with E-state index in [4.69, 9.17) is 16.3 Å². The summed E-state index contributed by atoms with van der Waals surface area (Å²) in [4.78, 5) is 0. The molecule has 94 valence electrons. The van der Waals surface area contributed by atoms with E-state index >= 15 is 0 Å². The highest BCUT2D eigenvalue weighted by atomic mass is 35.5. The van der Waals surface area contributed by atoms with E-state index in [0.717, 1.165) is 5.56 Å². The van der Waals surface area contributed by atoms with Crippen LogP contribution < -0.4 is 10.1 Å². The number of nitrogens with one attached hydrogen (secondary N) is 1. The topological polar surface area (TPSA) is 21.3 Å². The van der Waals surface area contributed by atoms with Crippen molar-refractivity contribution in [3.63, 3.8) is 0 Å². The van der Waals surface area contributed by atoms with Gasteiger partial charge in [0.2, 0.25) is 0 Å². The molecule has 0 unspecified atom stereocenters. The Bertz CT molecular complexity index is 545. The number of anilines is 1. The third-order valence-electron chi connectivity index (χ3n) is 2.54. The number of rotatable bonds is 4. The Morgan fingerprint density at radius 3 is 2.72 bits per heavy atom. The SMILES string of the molecule is COc1ccc(NCc2cccc(Cl)c2)cc1F. The van der Waals surface area contributed by atoms with Crippen molar-refractivity contribution in [3.05, 3.63) is 58.9 Å². The fraction of sp³-hybridized carbons (Fsp3) is 0.143. The molecular formula is C14H13ClFNO. The summed E-state index contributed by atoms with van der Waals surface area (Å²) < 4.78 is 18.3. The maximum absolute atomic E-state index is 13.5. The van der Waals surface area contributed by atoms with E-state index in [-0.39, 0.29) is 11.6 Å². The van der Waals surface area contributed by atoms with Crippen molar-refractivity contribution in [1.82, 2.24) is 0 Å². The van der Waals surface area contributed by atoms with Gasteiger partial charge in [0, 0.05) is 23.3 Å². The summed E-state index contributed by atoms with van der Waals surface area (Å²) in [5.74, 6) is -0.142. The highest BCUT2D eigenvalue weighted by Gasteiger charge is 2.03. The zero-order valence-electron chi connectivity index (χ0n) is 9.91. The molecule has 18 heavy (non-hydrogen) atoms. The lowest BCUT2D eigenvalue weighted by molar-refractivity contribution is 0.386. The van der Waals surface area contributed by atoms with Gasteiger partial charge in [-0.15, -0.1) is 0 Å². The fourth-order valence-electron chi connectivity index (χ4n) is 1.63. The maximum Gasteiger partial charge on any atom is 0.167 e. The Labute approximate surface area is 110 Å². The average molecular weight is 266 g/mol. The Morgan fingerprint density at radius 1 is 1.22 bits per heavy atom. The van der Waals surface area contributed by atoms with Gasteiger partial charge in [0.15, 0.2) is 11.6 Å². The highest BCUT2D eigenvalue weighted by Crippen LogP contribution is 2.21. The molecule has 2 aromatic carbocycles. The van der Waals surface area contributed by atoms with E-state index < -0.39 is 0 Å². The smallest absolute Gasteiger partial charge is 0.167 e. The van der Waals surface area contributed by atoms with E-state index in [1.54, 1.807) is 12.1 Å². The van der Waals surface area contributed by atoms with E-state index in [9.17, 15) is 4.39 Å². The molecule has 2 aromatic rings. The van der Waals surface area contributed by atoms with Crippen molar-refractivity contribution in [1.29, 1.82) is 0 Å². The first-order valence-corrected chi connectivity index (χ1v) is 5.88. The Balaban J connectivity index is 2.04. The van der Waals surface area contributed by atoms with Crippen LogP contribution >= 0.6 is 11.6 Å². The van der Waals surface area contributed by atoms with E-state index in [1.165, 1.54) is 13.2 Å². The fourth-order valence-corrected chi connectivity index (χ4v) is 1.84. The third kappa shape index (κ3) is 3.14. The molecule has 0 aliphatic carbocycles. The van der Waals surface area contributed by atoms with Crippen molar-refractivity contribution in [3.8, 4) is 5.75 Å². The largest absolute Gasteiger partial charge is 0.494 e. The molecule has 0 aliphatic heterocycles. The van der Waals surface area contributed by atoms with Crippen molar-refractivity contribution in [2.75, 3.05) is 12.4 Å². The van der Waals surface area contributed by atoms with E-state index in [2.05, 4.69) is 5.32 Å². The van der Waals surface area contributed by atoms with Crippen LogP contribution in [0.1, 0.15) is 5.56 Å². The molecule has 2 nitrogen and oxygen atoms in total. The predicted molar refractivity (Wildman–Crippen MR) is 71.7 cm³/mol. The average Bonchev–Trinajstić information content (AvgIpc) is 2.37. The van der Waals surface area contributed by atoms with Crippen LogP contribution in [-0.4, -0.2) is 7.11 Å². The molecule has 0 radical (unpaired) electrons. The first-order valence-electron chi connectivity index (χ1n) is 5.51. The standard InChI is InChI=1S/C14H13ClFNO/c1-18-14-6-5-12(8-13(14)16)17-9-10-3-2-4-11(15)7-10/h2-8,17H,9H2,1H3. The minimum atomic E-state index is -0.381. The van der Waals surface area contributed by atoms with Crippen LogP contribution in [0.5, 0.6) is 5.75 Å². The van der Waals surface area contributed by atoms with Crippen LogP contribution in [-0.2, 0) is 6.54 Å². The molecule has 0 saturated carbocycles. The molecule has 1 N–H and O–H groups in total. The molecule has 0 aromatic heterocycles. The van der Waals surface area contributed by atoms with Crippen molar-refractivity contribution >= 4 is 17.3 Å². The Hall–Kier alpha value is -1.74. The molecule has 2 rings (SSSR count). The predicted octanol–water partition coefficient (Wildman–Crippen LogP) is 4.10. The zero-order chi connectivity index (χ0) is 13.0. The number of methoxy groups -OCH3 is 1. The van der Waals surface area contributed by atoms with Crippen molar-refractivity contribution in [2.24, 2.45) is 0 Å². The molecule has 0 fully saturated rings. The van der Waals surface area contributed by atoms with E-state index in [0.29, 0.717) is 17.3 Å². The number of halogens is 2. The Kier molecular flexibility index (Phi) is 4.05. The third-order valence-corrected chi connectivity index (χ3v) is 2.77. The van der Waals surface area contributed by atoms with Gasteiger partial charge in [0.25, 0.3) is 0 Å². The second-order valence-electron chi connectivity index (χ2n) is 3.83. The summed E-state index contributed by atoms with van der Waals surface area (Å²) in [5, 5.41) is 3.82. The summed E-state index contributed by atoms with van der Waals surface area (Å²) >= 11 is 5.89. The van der Waals surface area contributed by atoms with Crippen LogP contribution in [0.15, 0.2) is 42.5 Å². The second kappa shape index (κ2) is 5.74. The van der Waals surface area contributed by atoms with Crippen molar-refractivity contribution in [2.45, 2.75) is 6.54 Å². The summed E-state index contributed by atoms with van der Waals surface area (Å²) in [6, 6.07) is 12.3. The minimum Gasteiger partial charge on any atom is -0.494 e. The summed E-state index contributed by atoms with van der Waals surface area (Å²) in [6.07, 6.45) is 0. The molecule has 0 atom stereocenters. The van der Waals surface area contributed by atoms with E-state index in [1.807, 2.05) is 24.3 Å². The maximum atomic E-state index is 13.5. The number of benzene rings is 2. The molecular weight excluding hydrogens is 253 g/mol. The highest BCUT2D eigenvalue weighted by molar-refractivity contribution is 6.30. The van der Waals surface area contributed by atoms with Gasteiger partial charge >= 0.3 is 0 Å². The van der Waals surface area contributed by atoms with Gasteiger partial charge in [-0.1, -0.05) is 23.7 Å². The van der Waals surface area contributed by atoms with Crippen LogP contribution in [0, 0.1) is 5.82 Å². The lowest BCUT2D eigenvalue weighted by Crippen LogP contribution is -2.00. The van der Waals surface area contributed by atoms with Gasteiger partial charge < -0.3 is 10.1 Å². The second-order valence-corrected chi connectivity index (χ2v) is 4.27. The van der Waals surface area contributed by atoms with Gasteiger partial charge in [-0.05, 0) is 29.8 Å². The molecule has 0 saturated heterocycles. The first kappa shape index (κ1) is 12.7. The molecule has 0 spiro atoms. The summed E-state index contributed by atoms with van der Waals surface area (Å²) in [6.45, 7) is 0.590. The summed E-state index contributed by atoms with van der Waals surface area (Å²) in [5.41, 5.74) is 1.74. The minimum absolute atomic E-state index is 0.239. The van der Waals surface area contributed by atoms with Crippen molar-refractivity contribution < 1.29 is 9.13 Å². The zero-order valence-corrected chi connectivity index (χ0v) is 10.7. The molecule has 0 bridgehead atoms. The van der Waals surface area contributed by atoms with Crippen LogP contribution in [0.3, 0.4) is 0 Å². The first-order chi connectivity index (χ1) is 8.69. The number of hydrogen-bond acceptors (Lipinski definition) is 2. The van der Waals surface area contributed by atoms with Crippen LogP contribution in [0.25, 0.3) is 0 Å². The van der Waals surface area contributed by atoms with Gasteiger partial charge in [-0.25, -0.2) is 4.39 Å². The molecule has 0 aliphatic rings. The van der Waals surface area contributed by atoms with Crippen LogP contribution in [0.4, 0.5) is 10.1 Å². The molecule has 0 heterocycles. The van der Waals surface area contributed by atoms with Gasteiger partial charge in [0.1, 0.15) is 0 Å². The van der Waals surface area contributed by atoms with Gasteiger partial charge in [-0.2, -0.15) is 0 Å². The van der Waals surface area contributed by atoms with Gasteiger partial charge in [-0.3, -0.25) is 0 Å². The van der Waals surface area contributed by atoms with Crippen LogP contribution in [0.2, 0.25) is 5.02 Å². The number of ether oxygens (including phenoxy) is 1. The monoisotopic (exact) mass is 265 g/mol. The number of hydrogen-bond donors (Lipinski definition) is 1.